The molecule has 2 amide bonds. The molecule has 0 bridgehead atoms. The van der Waals surface area contributed by atoms with E-state index in [1.54, 1.807) is 7.05 Å². The number of anilines is 2. The highest BCUT2D eigenvalue weighted by molar-refractivity contribution is 5.89. The average Bonchev–Trinajstić information content (AvgIpc) is 3.16. The quantitative estimate of drug-likeness (QED) is 0.548. The number of carbonyl (C=O) groups excluding carboxylic acids is 1. The molecule has 1 aliphatic heterocycles. The van der Waals surface area contributed by atoms with Crippen LogP contribution in [0.5, 0.6) is 0 Å². The molecular weight excluding hydrogens is 352 g/mol. The molecule has 2 heterocycles. The number of piperidine rings is 1. The van der Waals surface area contributed by atoms with Crippen LogP contribution in [0.1, 0.15) is 18.4 Å². The Labute approximate surface area is 164 Å². The summed E-state index contributed by atoms with van der Waals surface area (Å²) in [5, 5.41) is 17.3. The van der Waals surface area contributed by atoms with Gasteiger partial charge in [-0.2, -0.15) is 5.10 Å². The van der Waals surface area contributed by atoms with Crippen LogP contribution in [-0.4, -0.2) is 47.3 Å². The van der Waals surface area contributed by atoms with Crippen LogP contribution < -0.4 is 16.0 Å². The summed E-state index contributed by atoms with van der Waals surface area (Å²) in [5.41, 5.74) is 4.21. The van der Waals surface area contributed by atoms with Gasteiger partial charge < -0.3 is 16.0 Å². The van der Waals surface area contributed by atoms with Crippen LogP contribution in [0.25, 0.3) is 10.9 Å². The number of carbonyl (C=O) groups is 1. The number of H-pyrrole nitrogens is 1. The molecule has 7 heteroatoms. The van der Waals surface area contributed by atoms with Gasteiger partial charge in [-0.25, -0.2) is 4.79 Å². The minimum absolute atomic E-state index is 0.200. The zero-order chi connectivity index (χ0) is 19.3. The molecule has 0 aliphatic carbocycles. The lowest BCUT2D eigenvalue weighted by molar-refractivity contribution is 0.208. The predicted octanol–water partition coefficient (Wildman–Crippen LogP) is 3.39. The van der Waals surface area contributed by atoms with Crippen LogP contribution in [0.2, 0.25) is 0 Å². The zero-order valence-electron chi connectivity index (χ0n) is 16.0. The summed E-state index contributed by atoms with van der Waals surface area (Å²) in [6, 6.07) is 14.6. The van der Waals surface area contributed by atoms with E-state index in [1.165, 1.54) is 12.0 Å². The molecule has 0 unspecified atom stereocenters. The molecule has 146 valence electrons. The van der Waals surface area contributed by atoms with Crippen molar-refractivity contribution in [3.05, 3.63) is 54.2 Å². The third-order valence-corrected chi connectivity index (χ3v) is 5.13. The number of hydrogen-bond acceptors (Lipinski definition) is 4. The lowest BCUT2D eigenvalue weighted by Gasteiger charge is -2.33. The first-order valence-corrected chi connectivity index (χ1v) is 9.69. The number of urea groups is 1. The molecule has 1 fully saturated rings. The van der Waals surface area contributed by atoms with Gasteiger partial charge in [0.25, 0.3) is 0 Å². The first-order chi connectivity index (χ1) is 13.7. The highest BCUT2D eigenvalue weighted by atomic mass is 16.2. The van der Waals surface area contributed by atoms with Gasteiger partial charge in [0.1, 0.15) is 0 Å². The van der Waals surface area contributed by atoms with Crippen molar-refractivity contribution in [1.82, 2.24) is 20.4 Å². The van der Waals surface area contributed by atoms with Gasteiger partial charge in [0.15, 0.2) is 0 Å². The normalized spacial score (nSPS) is 17.4. The highest BCUT2D eigenvalue weighted by Crippen LogP contribution is 2.22. The summed E-state index contributed by atoms with van der Waals surface area (Å²) in [5.74, 6) is 0. The number of rotatable bonds is 5. The van der Waals surface area contributed by atoms with Crippen molar-refractivity contribution in [3.8, 4) is 0 Å². The molecule has 0 radical (unpaired) electrons. The van der Waals surface area contributed by atoms with Crippen molar-refractivity contribution in [2.75, 3.05) is 30.8 Å². The standard InChI is InChI=1S/C21H26N6O/c1-22-21(28)25-17-5-2-4-15(10-17)13-27-9-3-6-19(14-27)24-18-7-8-20-16(11-18)12-23-26-20/h2,4-5,7-8,10-12,19,24H,3,6,9,13-14H2,1H3,(H,23,26)(H2,22,25,28)/t19-/m1/s1. The van der Waals surface area contributed by atoms with E-state index in [0.29, 0.717) is 6.04 Å². The van der Waals surface area contributed by atoms with E-state index in [4.69, 9.17) is 0 Å². The molecule has 28 heavy (non-hydrogen) atoms. The van der Waals surface area contributed by atoms with Gasteiger partial charge >= 0.3 is 6.03 Å². The third kappa shape index (κ3) is 4.43. The average molecular weight is 378 g/mol. The Bertz CT molecular complexity index is 953. The summed E-state index contributed by atoms with van der Waals surface area (Å²) in [7, 11) is 1.62. The Kier molecular flexibility index (Phi) is 5.43. The number of benzene rings is 2. The van der Waals surface area contributed by atoms with Crippen molar-refractivity contribution in [1.29, 1.82) is 0 Å². The van der Waals surface area contributed by atoms with Gasteiger partial charge in [0.2, 0.25) is 0 Å². The van der Waals surface area contributed by atoms with Crippen molar-refractivity contribution >= 4 is 28.3 Å². The van der Waals surface area contributed by atoms with Gasteiger partial charge in [0.05, 0.1) is 11.7 Å². The molecule has 4 N–H and O–H groups in total. The first kappa shape index (κ1) is 18.3. The topological polar surface area (TPSA) is 85.1 Å². The van der Waals surface area contributed by atoms with Crippen molar-refractivity contribution < 1.29 is 4.79 Å². The van der Waals surface area contributed by atoms with Crippen LogP contribution >= 0.6 is 0 Å². The molecule has 3 aromatic rings. The SMILES string of the molecule is CNC(=O)Nc1cccc(CN2CCC[C@@H](Nc3ccc4[nH]ncc4c3)C2)c1. The fourth-order valence-electron chi connectivity index (χ4n) is 3.78. The van der Waals surface area contributed by atoms with Crippen LogP contribution in [0.3, 0.4) is 0 Å². The lowest BCUT2D eigenvalue weighted by atomic mass is 10.0. The molecule has 1 aromatic heterocycles. The molecule has 0 spiro atoms. The molecule has 1 aliphatic rings. The maximum absolute atomic E-state index is 11.5. The smallest absolute Gasteiger partial charge is 0.318 e. The largest absolute Gasteiger partial charge is 0.381 e. The second kappa shape index (κ2) is 8.31. The number of nitrogens with one attached hydrogen (secondary N) is 4. The van der Waals surface area contributed by atoms with Gasteiger partial charge in [-0.3, -0.25) is 10.00 Å². The van der Waals surface area contributed by atoms with Gasteiger partial charge in [-0.05, 0) is 55.3 Å². The minimum atomic E-state index is -0.200. The van der Waals surface area contributed by atoms with Crippen LogP contribution in [-0.2, 0) is 6.54 Å². The Morgan fingerprint density at radius 2 is 2.18 bits per heavy atom. The number of fused-ring (bicyclic) bond motifs is 1. The van der Waals surface area contributed by atoms with E-state index in [2.05, 4.69) is 55.3 Å². The van der Waals surface area contributed by atoms with E-state index >= 15 is 0 Å². The molecular formula is C21H26N6O. The molecule has 1 saturated heterocycles. The minimum Gasteiger partial charge on any atom is -0.381 e. The summed E-state index contributed by atoms with van der Waals surface area (Å²) >= 11 is 0. The van der Waals surface area contributed by atoms with Crippen LogP contribution in [0.15, 0.2) is 48.7 Å². The van der Waals surface area contributed by atoms with Crippen molar-refractivity contribution in [2.45, 2.75) is 25.4 Å². The molecule has 2 aromatic carbocycles. The number of amides is 2. The van der Waals surface area contributed by atoms with E-state index < -0.39 is 0 Å². The van der Waals surface area contributed by atoms with Gasteiger partial charge in [-0.1, -0.05) is 12.1 Å². The van der Waals surface area contributed by atoms with E-state index in [1.807, 2.05) is 24.4 Å². The second-order valence-electron chi connectivity index (χ2n) is 7.30. The highest BCUT2D eigenvalue weighted by Gasteiger charge is 2.20. The summed E-state index contributed by atoms with van der Waals surface area (Å²) in [6.45, 7) is 2.96. The summed E-state index contributed by atoms with van der Waals surface area (Å²) < 4.78 is 0. The van der Waals surface area contributed by atoms with Gasteiger partial charge in [-0.15, -0.1) is 0 Å². The fraction of sp³-hybridized carbons (Fsp3) is 0.333. The second-order valence-corrected chi connectivity index (χ2v) is 7.30. The van der Waals surface area contributed by atoms with E-state index in [-0.39, 0.29) is 6.03 Å². The zero-order valence-corrected chi connectivity index (χ0v) is 16.0. The summed E-state index contributed by atoms with van der Waals surface area (Å²) in [6.07, 6.45) is 4.19. The molecule has 0 saturated carbocycles. The Hall–Kier alpha value is -3.06. The van der Waals surface area contributed by atoms with Gasteiger partial charge in [0, 0.05) is 42.9 Å². The predicted molar refractivity (Wildman–Crippen MR) is 113 cm³/mol. The number of aromatic nitrogens is 2. The maximum Gasteiger partial charge on any atom is 0.318 e. The van der Waals surface area contributed by atoms with Crippen molar-refractivity contribution in [2.24, 2.45) is 0 Å². The van der Waals surface area contributed by atoms with E-state index in [0.717, 1.165) is 48.3 Å². The monoisotopic (exact) mass is 378 g/mol. The molecule has 1 atom stereocenters. The maximum atomic E-state index is 11.5. The van der Waals surface area contributed by atoms with Crippen LogP contribution in [0.4, 0.5) is 16.2 Å². The Morgan fingerprint density at radius 1 is 1.25 bits per heavy atom. The number of likely N-dealkylation sites (tertiary alicyclic amines) is 1. The number of hydrogen-bond donors (Lipinski definition) is 4. The Balaban J connectivity index is 1.37. The molecule has 4 rings (SSSR count). The van der Waals surface area contributed by atoms with Crippen LogP contribution in [0, 0.1) is 0 Å². The number of nitrogens with zero attached hydrogens (tertiary/aromatic N) is 2. The van der Waals surface area contributed by atoms with E-state index in [9.17, 15) is 4.79 Å². The summed E-state index contributed by atoms with van der Waals surface area (Å²) in [4.78, 5) is 14.0. The Morgan fingerprint density at radius 3 is 3.07 bits per heavy atom. The third-order valence-electron chi connectivity index (χ3n) is 5.13. The molecule has 7 nitrogen and oxygen atoms in total. The van der Waals surface area contributed by atoms with Crippen molar-refractivity contribution in [3.63, 3.8) is 0 Å². The fourth-order valence-corrected chi connectivity index (χ4v) is 3.78. The first-order valence-electron chi connectivity index (χ1n) is 9.69. The lowest BCUT2D eigenvalue weighted by Crippen LogP contribution is -2.41. The number of aromatic amines is 1.